The summed E-state index contributed by atoms with van der Waals surface area (Å²) in [5.74, 6) is -0.00623. The number of carbonyl (C=O) groups is 2. The van der Waals surface area contributed by atoms with Gasteiger partial charge in [-0.25, -0.2) is 4.98 Å². The predicted molar refractivity (Wildman–Crippen MR) is 116 cm³/mol. The van der Waals surface area contributed by atoms with Crippen molar-refractivity contribution in [2.24, 2.45) is 5.92 Å². The highest BCUT2D eigenvalue weighted by Crippen LogP contribution is 2.25. The molecule has 0 bridgehead atoms. The molecule has 0 saturated carbocycles. The van der Waals surface area contributed by atoms with E-state index >= 15 is 0 Å². The van der Waals surface area contributed by atoms with Crippen molar-refractivity contribution < 1.29 is 9.59 Å². The molecule has 3 aromatic rings. The van der Waals surface area contributed by atoms with Crippen molar-refractivity contribution in [3.8, 4) is 0 Å². The number of thiophene rings is 1. The Morgan fingerprint density at radius 3 is 2.72 bits per heavy atom. The molecule has 1 aliphatic heterocycles. The lowest BCUT2D eigenvalue weighted by molar-refractivity contribution is -0.126. The molecular weight excluding hydrogens is 406 g/mol. The second-order valence-electron chi connectivity index (χ2n) is 7.20. The first-order valence-electron chi connectivity index (χ1n) is 9.76. The van der Waals surface area contributed by atoms with Gasteiger partial charge in [0.25, 0.3) is 5.91 Å². The third kappa shape index (κ3) is 4.60. The Hall–Kier alpha value is -2.44. The van der Waals surface area contributed by atoms with Gasteiger partial charge in [-0.15, -0.1) is 11.3 Å². The molecule has 0 aliphatic carbocycles. The number of carbonyl (C=O) groups excluding carboxylic acids is 2. The Bertz CT molecular complexity index is 1010. The molecule has 1 N–H and O–H groups in total. The molecule has 2 aromatic heterocycles. The molecule has 1 saturated heterocycles. The highest BCUT2D eigenvalue weighted by atomic mass is 35.5. The molecule has 0 spiro atoms. The lowest BCUT2D eigenvalue weighted by atomic mass is 9.95. The van der Waals surface area contributed by atoms with E-state index in [0.717, 1.165) is 11.8 Å². The van der Waals surface area contributed by atoms with Gasteiger partial charge in [-0.1, -0.05) is 35.9 Å². The van der Waals surface area contributed by atoms with Crippen LogP contribution < -0.4 is 5.32 Å². The zero-order valence-corrected chi connectivity index (χ0v) is 17.5. The quantitative estimate of drug-likeness (QED) is 0.622. The molecule has 1 aromatic carbocycles. The van der Waals surface area contributed by atoms with E-state index in [0.29, 0.717) is 48.7 Å². The minimum atomic E-state index is -0.0537. The highest BCUT2D eigenvalue weighted by molar-refractivity contribution is 7.09. The second-order valence-corrected chi connectivity index (χ2v) is 8.62. The second kappa shape index (κ2) is 8.93. The first kappa shape index (κ1) is 19.9. The molecule has 0 atom stereocenters. The van der Waals surface area contributed by atoms with Crippen LogP contribution >= 0.6 is 22.9 Å². The smallest absolute Gasteiger partial charge is 0.254 e. The maximum atomic E-state index is 13.1. The van der Waals surface area contributed by atoms with Gasteiger partial charge < -0.3 is 10.2 Å². The zero-order chi connectivity index (χ0) is 20.2. The molecular formula is C22H22ClN3O2S. The Morgan fingerprint density at radius 2 is 1.97 bits per heavy atom. The fourth-order valence-electron chi connectivity index (χ4n) is 3.74. The molecule has 5 nitrogen and oxygen atoms in total. The van der Waals surface area contributed by atoms with Crippen molar-refractivity contribution in [3.63, 3.8) is 0 Å². The number of para-hydroxylation sites is 1. The van der Waals surface area contributed by atoms with Crippen LogP contribution in [0.15, 0.2) is 47.8 Å². The van der Waals surface area contributed by atoms with Crippen LogP contribution in [-0.2, 0) is 11.2 Å². The van der Waals surface area contributed by atoms with Crippen LogP contribution in [0.3, 0.4) is 0 Å². The van der Waals surface area contributed by atoms with E-state index in [4.69, 9.17) is 11.6 Å². The standard InChI is InChI=1S/C22H22ClN3O2S/c23-20-14-18(17-5-1-2-6-19(17)25-20)22(28)26-11-8-15(9-12-26)21(27)24-10-7-16-4-3-13-29-16/h1-6,13-15H,7-12H2,(H,24,27). The van der Waals surface area contributed by atoms with Gasteiger partial charge in [-0.2, -0.15) is 0 Å². The van der Waals surface area contributed by atoms with Crippen LogP contribution in [0.4, 0.5) is 0 Å². The fraction of sp³-hybridized carbons (Fsp3) is 0.318. The van der Waals surface area contributed by atoms with Crippen molar-refractivity contribution in [1.29, 1.82) is 0 Å². The lowest BCUT2D eigenvalue weighted by Gasteiger charge is -2.31. The number of likely N-dealkylation sites (tertiary alicyclic amines) is 1. The number of benzene rings is 1. The van der Waals surface area contributed by atoms with E-state index in [1.807, 2.05) is 40.6 Å². The average Bonchev–Trinajstić information content (AvgIpc) is 3.26. The van der Waals surface area contributed by atoms with E-state index in [2.05, 4.69) is 16.4 Å². The van der Waals surface area contributed by atoms with Crippen LogP contribution in [0.2, 0.25) is 5.15 Å². The van der Waals surface area contributed by atoms with E-state index in [-0.39, 0.29) is 17.7 Å². The van der Waals surface area contributed by atoms with Crippen molar-refractivity contribution in [2.45, 2.75) is 19.3 Å². The van der Waals surface area contributed by atoms with Gasteiger partial charge in [0.2, 0.25) is 5.91 Å². The van der Waals surface area contributed by atoms with Crippen LogP contribution in [0.1, 0.15) is 28.1 Å². The van der Waals surface area contributed by atoms with Crippen molar-refractivity contribution in [1.82, 2.24) is 15.2 Å². The van der Waals surface area contributed by atoms with Crippen LogP contribution in [0.5, 0.6) is 0 Å². The minimum Gasteiger partial charge on any atom is -0.355 e. The van der Waals surface area contributed by atoms with E-state index in [9.17, 15) is 9.59 Å². The molecule has 4 rings (SSSR count). The van der Waals surface area contributed by atoms with E-state index in [1.165, 1.54) is 4.88 Å². The highest BCUT2D eigenvalue weighted by Gasteiger charge is 2.28. The molecule has 150 valence electrons. The van der Waals surface area contributed by atoms with Crippen LogP contribution in [0, 0.1) is 5.92 Å². The van der Waals surface area contributed by atoms with E-state index in [1.54, 1.807) is 17.4 Å². The first-order chi connectivity index (χ1) is 14.1. The molecule has 3 heterocycles. The summed E-state index contributed by atoms with van der Waals surface area (Å²) in [4.78, 5) is 32.9. The predicted octanol–water partition coefficient (Wildman–Crippen LogP) is 4.16. The van der Waals surface area contributed by atoms with E-state index < -0.39 is 0 Å². The number of halogens is 1. The monoisotopic (exact) mass is 427 g/mol. The third-order valence-corrected chi connectivity index (χ3v) is 6.45. The summed E-state index contributed by atoms with van der Waals surface area (Å²) >= 11 is 7.83. The lowest BCUT2D eigenvalue weighted by Crippen LogP contribution is -2.43. The number of amides is 2. The number of pyridine rings is 1. The third-order valence-electron chi connectivity index (χ3n) is 5.32. The Labute approximate surface area is 178 Å². The number of nitrogens with one attached hydrogen (secondary N) is 1. The number of fused-ring (bicyclic) bond motifs is 1. The number of aromatic nitrogens is 1. The summed E-state index contributed by atoms with van der Waals surface area (Å²) in [6, 6.07) is 13.2. The number of piperidine rings is 1. The number of hydrogen-bond acceptors (Lipinski definition) is 4. The summed E-state index contributed by atoms with van der Waals surface area (Å²) in [6.07, 6.45) is 2.21. The average molecular weight is 428 g/mol. The van der Waals surface area contributed by atoms with Gasteiger partial charge in [0.05, 0.1) is 11.1 Å². The molecule has 1 fully saturated rings. The minimum absolute atomic E-state index is 0.0415. The topological polar surface area (TPSA) is 62.3 Å². The van der Waals surface area contributed by atoms with Crippen molar-refractivity contribution in [3.05, 3.63) is 63.4 Å². The van der Waals surface area contributed by atoms with Gasteiger partial charge in [-0.3, -0.25) is 9.59 Å². The number of nitrogens with zero attached hydrogens (tertiary/aromatic N) is 2. The molecule has 1 aliphatic rings. The SMILES string of the molecule is O=C(NCCc1cccs1)C1CCN(C(=O)c2cc(Cl)nc3ccccc23)CC1. The molecule has 29 heavy (non-hydrogen) atoms. The maximum Gasteiger partial charge on any atom is 0.254 e. The summed E-state index contributed by atoms with van der Waals surface area (Å²) in [7, 11) is 0. The van der Waals surface area contributed by atoms with Gasteiger partial charge in [0, 0.05) is 35.8 Å². The summed E-state index contributed by atoms with van der Waals surface area (Å²) in [5, 5.41) is 6.19. The maximum absolute atomic E-state index is 13.1. The van der Waals surface area contributed by atoms with Gasteiger partial charge in [0.1, 0.15) is 5.15 Å². The van der Waals surface area contributed by atoms with Crippen LogP contribution in [-0.4, -0.2) is 41.3 Å². The van der Waals surface area contributed by atoms with Crippen LogP contribution in [0.25, 0.3) is 10.9 Å². The Morgan fingerprint density at radius 1 is 1.17 bits per heavy atom. The van der Waals surface area contributed by atoms with Gasteiger partial charge in [-0.05, 0) is 42.8 Å². The number of rotatable bonds is 5. The summed E-state index contributed by atoms with van der Waals surface area (Å²) < 4.78 is 0. The first-order valence-corrected chi connectivity index (χ1v) is 11.0. The number of hydrogen-bond donors (Lipinski definition) is 1. The van der Waals surface area contributed by atoms with Crippen molar-refractivity contribution >= 4 is 45.7 Å². The molecule has 0 radical (unpaired) electrons. The zero-order valence-electron chi connectivity index (χ0n) is 15.9. The van der Waals surface area contributed by atoms with Gasteiger partial charge in [0.15, 0.2) is 0 Å². The summed E-state index contributed by atoms with van der Waals surface area (Å²) in [6.45, 7) is 1.78. The van der Waals surface area contributed by atoms with Gasteiger partial charge >= 0.3 is 0 Å². The molecule has 0 unspecified atom stereocenters. The normalized spacial score (nSPS) is 14.9. The molecule has 2 amide bonds. The fourth-order valence-corrected chi connectivity index (χ4v) is 4.65. The largest absolute Gasteiger partial charge is 0.355 e. The Balaban J connectivity index is 1.35. The molecule has 7 heteroatoms. The summed E-state index contributed by atoms with van der Waals surface area (Å²) in [5.41, 5.74) is 1.28. The Kier molecular flexibility index (Phi) is 6.11. The van der Waals surface area contributed by atoms with Crippen molar-refractivity contribution in [2.75, 3.05) is 19.6 Å².